The van der Waals surface area contributed by atoms with Crippen LogP contribution in [0.4, 0.5) is 5.69 Å². The van der Waals surface area contributed by atoms with Gasteiger partial charge in [-0.3, -0.25) is 4.79 Å². The third kappa shape index (κ3) is 4.76. The van der Waals surface area contributed by atoms with Gasteiger partial charge in [0.2, 0.25) is 11.6 Å². The number of phenols is 1. The second kappa shape index (κ2) is 10.2. The second-order valence-corrected chi connectivity index (χ2v) is 7.27. The van der Waals surface area contributed by atoms with E-state index in [1.54, 1.807) is 30.3 Å². The number of carbonyl (C=O) groups excluding carboxylic acids is 1. The van der Waals surface area contributed by atoms with Crippen LogP contribution in [-0.2, 0) is 0 Å². The molecule has 34 heavy (non-hydrogen) atoms. The molecule has 1 heterocycles. The number of rotatable bonds is 9. The molecular weight excluding hydrogens is 436 g/mol. The number of ether oxygens (including phenoxy) is 3. The van der Waals surface area contributed by atoms with Crippen molar-refractivity contribution in [1.29, 1.82) is 0 Å². The Balaban J connectivity index is 1.65. The van der Waals surface area contributed by atoms with Gasteiger partial charge in [-0.15, -0.1) is 0 Å². The van der Waals surface area contributed by atoms with E-state index in [0.29, 0.717) is 65.0 Å². The van der Waals surface area contributed by atoms with Crippen LogP contribution in [0.2, 0.25) is 0 Å². The molecule has 1 amide bonds. The van der Waals surface area contributed by atoms with Gasteiger partial charge in [-0.05, 0) is 63.2 Å². The highest BCUT2D eigenvalue weighted by atomic mass is 16.5. The fraction of sp³-hybridized carbons (Fsp3) is 0.231. The van der Waals surface area contributed by atoms with Crippen LogP contribution in [0.3, 0.4) is 0 Å². The topological polar surface area (TPSA) is 103 Å². The van der Waals surface area contributed by atoms with Crippen LogP contribution in [0, 0.1) is 0 Å². The highest BCUT2D eigenvalue weighted by Crippen LogP contribution is 2.39. The number of amides is 1. The van der Waals surface area contributed by atoms with Gasteiger partial charge in [0.1, 0.15) is 11.3 Å². The molecule has 8 heteroatoms. The first-order valence-electron chi connectivity index (χ1n) is 11.1. The number of benzene rings is 3. The molecule has 0 unspecified atom stereocenters. The molecule has 4 rings (SSSR count). The lowest BCUT2D eigenvalue weighted by Crippen LogP contribution is -2.13. The maximum absolute atomic E-state index is 13.1. The number of carbonyl (C=O) groups is 1. The van der Waals surface area contributed by atoms with Crippen molar-refractivity contribution in [2.45, 2.75) is 20.8 Å². The van der Waals surface area contributed by atoms with Gasteiger partial charge in [0, 0.05) is 11.3 Å². The summed E-state index contributed by atoms with van der Waals surface area (Å²) < 4.78 is 22.9. The molecule has 0 spiro atoms. The summed E-state index contributed by atoms with van der Waals surface area (Å²) in [6, 6.07) is 15.3. The van der Waals surface area contributed by atoms with E-state index in [1.807, 2.05) is 39.0 Å². The van der Waals surface area contributed by atoms with Crippen molar-refractivity contribution in [3.05, 3.63) is 60.2 Å². The van der Waals surface area contributed by atoms with Gasteiger partial charge < -0.3 is 29.1 Å². The maximum atomic E-state index is 13.1. The van der Waals surface area contributed by atoms with Crippen molar-refractivity contribution in [3.63, 3.8) is 0 Å². The normalized spacial score (nSPS) is 10.8. The molecule has 0 fully saturated rings. The number of anilines is 1. The molecule has 2 N–H and O–H groups in total. The number of hydrogen-bond donors (Lipinski definition) is 2. The third-order valence-corrected chi connectivity index (χ3v) is 4.95. The Bertz CT molecular complexity index is 1250. The molecule has 4 aromatic rings. The number of aromatic nitrogens is 1. The van der Waals surface area contributed by atoms with Crippen molar-refractivity contribution in [3.8, 4) is 34.5 Å². The number of aromatic hydroxyl groups is 1. The Morgan fingerprint density at radius 1 is 0.941 bits per heavy atom. The number of hydrogen-bond acceptors (Lipinski definition) is 7. The van der Waals surface area contributed by atoms with E-state index in [4.69, 9.17) is 18.6 Å². The summed E-state index contributed by atoms with van der Waals surface area (Å²) in [6.07, 6.45) is 0. The quantitative estimate of drug-likeness (QED) is 0.310. The van der Waals surface area contributed by atoms with E-state index in [2.05, 4.69) is 10.3 Å². The summed E-state index contributed by atoms with van der Waals surface area (Å²) in [5, 5.41) is 13.2. The molecule has 0 saturated heterocycles. The van der Waals surface area contributed by atoms with Crippen LogP contribution < -0.4 is 19.5 Å². The minimum Gasteiger partial charge on any atom is -0.507 e. The van der Waals surface area contributed by atoms with Crippen LogP contribution in [0.1, 0.15) is 31.1 Å². The van der Waals surface area contributed by atoms with Crippen molar-refractivity contribution in [2.75, 3.05) is 25.1 Å². The summed E-state index contributed by atoms with van der Waals surface area (Å²) in [5.74, 6) is 1.19. The molecule has 3 aromatic carbocycles. The van der Waals surface area contributed by atoms with Gasteiger partial charge in [0.05, 0.1) is 25.4 Å². The van der Waals surface area contributed by atoms with Crippen LogP contribution >= 0.6 is 0 Å². The van der Waals surface area contributed by atoms with E-state index in [0.717, 1.165) is 0 Å². The monoisotopic (exact) mass is 462 g/mol. The van der Waals surface area contributed by atoms with Crippen LogP contribution in [0.5, 0.6) is 23.0 Å². The van der Waals surface area contributed by atoms with E-state index in [1.165, 1.54) is 6.07 Å². The van der Waals surface area contributed by atoms with Crippen molar-refractivity contribution < 1.29 is 28.5 Å². The van der Waals surface area contributed by atoms with Crippen LogP contribution in [0.25, 0.3) is 22.6 Å². The Kier molecular flexibility index (Phi) is 6.87. The second-order valence-electron chi connectivity index (χ2n) is 7.27. The van der Waals surface area contributed by atoms with E-state index < -0.39 is 0 Å². The van der Waals surface area contributed by atoms with Crippen LogP contribution in [-0.4, -0.2) is 35.8 Å². The number of phenolic OH excluding ortho intramolecular Hbond substituents is 1. The summed E-state index contributed by atoms with van der Waals surface area (Å²) in [5.41, 5.74) is 2.45. The predicted octanol–water partition coefficient (Wildman–Crippen LogP) is 5.65. The first-order chi connectivity index (χ1) is 16.5. The molecule has 0 radical (unpaired) electrons. The molecular formula is C26H26N2O6. The number of nitrogens with one attached hydrogen (secondary N) is 1. The van der Waals surface area contributed by atoms with Gasteiger partial charge in [0.25, 0.3) is 5.91 Å². The average Bonchev–Trinajstić information content (AvgIpc) is 3.26. The number of nitrogens with zero attached hydrogens (tertiary/aromatic N) is 1. The molecule has 176 valence electrons. The zero-order valence-electron chi connectivity index (χ0n) is 19.3. The molecule has 0 atom stereocenters. The minimum atomic E-state index is -0.376. The Morgan fingerprint density at radius 3 is 2.26 bits per heavy atom. The standard InChI is InChI=1S/C26H26N2O6/c1-4-31-22-13-16(14-23(32-5-2)24(22)33-6-3)25(30)27-17-11-12-20(29)18(15-17)26-28-19-9-7-8-10-21(19)34-26/h7-15,29H,4-6H2,1-3H3,(H,27,30). The summed E-state index contributed by atoms with van der Waals surface area (Å²) in [4.78, 5) is 17.5. The molecule has 0 aliphatic heterocycles. The molecule has 1 aromatic heterocycles. The Hall–Kier alpha value is -4.20. The van der Waals surface area contributed by atoms with Gasteiger partial charge in [-0.1, -0.05) is 12.1 Å². The zero-order valence-corrected chi connectivity index (χ0v) is 19.3. The van der Waals surface area contributed by atoms with E-state index in [9.17, 15) is 9.90 Å². The van der Waals surface area contributed by atoms with E-state index >= 15 is 0 Å². The van der Waals surface area contributed by atoms with Gasteiger partial charge in [-0.25, -0.2) is 4.98 Å². The minimum absolute atomic E-state index is 0.0112. The number of oxazole rings is 1. The lowest BCUT2D eigenvalue weighted by atomic mass is 10.1. The largest absolute Gasteiger partial charge is 0.507 e. The van der Waals surface area contributed by atoms with Gasteiger partial charge in [-0.2, -0.15) is 0 Å². The Morgan fingerprint density at radius 2 is 1.62 bits per heavy atom. The molecule has 0 aliphatic carbocycles. The lowest BCUT2D eigenvalue weighted by molar-refractivity contribution is 0.102. The fourth-order valence-electron chi connectivity index (χ4n) is 3.50. The van der Waals surface area contributed by atoms with Crippen molar-refractivity contribution in [2.24, 2.45) is 0 Å². The smallest absolute Gasteiger partial charge is 0.255 e. The van der Waals surface area contributed by atoms with Crippen LogP contribution in [0.15, 0.2) is 59.0 Å². The first kappa shape index (κ1) is 23.0. The summed E-state index contributed by atoms with van der Waals surface area (Å²) >= 11 is 0. The number of fused-ring (bicyclic) bond motifs is 1. The molecule has 0 saturated carbocycles. The molecule has 0 aliphatic rings. The molecule has 0 bridgehead atoms. The Labute approximate surface area is 197 Å². The average molecular weight is 463 g/mol. The van der Waals surface area contributed by atoms with Crippen molar-refractivity contribution in [1.82, 2.24) is 4.98 Å². The molecule has 8 nitrogen and oxygen atoms in total. The fourth-order valence-corrected chi connectivity index (χ4v) is 3.50. The van der Waals surface area contributed by atoms with E-state index in [-0.39, 0.29) is 17.5 Å². The van der Waals surface area contributed by atoms with Gasteiger partial charge >= 0.3 is 0 Å². The van der Waals surface area contributed by atoms with Gasteiger partial charge in [0.15, 0.2) is 17.1 Å². The maximum Gasteiger partial charge on any atom is 0.255 e. The third-order valence-electron chi connectivity index (χ3n) is 4.95. The number of para-hydroxylation sites is 2. The zero-order chi connectivity index (χ0) is 24.1. The SMILES string of the molecule is CCOc1cc(C(=O)Nc2ccc(O)c(-c3nc4ccccc4o3)c2)cc(OCC)c1OCC. The van der Waals surface area contributed by atoms with Crippen molar-refractivity contribution >= 4 is 22.7 Å². The first-order valence-corrected chi connectivity index (χ1v) is 11.1. The summed E-state index contributed by atoms with van der Waals surface area (Å²) in [7, 11) is 0. The lowest BCUT2D eigenvalue weighted by Gasteiger charge is -2.17. The predicted molar refractivity (Wildman–Crippen MR) is 129 cm³/mol. The highest BCUT2D eigenvalue weighted by molar-refractivity contribution is 6.05. The highest BCUT2D eigenvalue weighted by Gasteiger charge is 2.19. The summed E-state index contributed by atoms with van der Waals surface area (Å²) in [6.45, 7) is 6.81.